The Kier molecular flexibility index (Phi) is 11.2. The Morgan fingerprint density at radius 3 is 2.32 bits per heavy atom. The van der Waals surface area contributed by atoms with E-state index >= 15 is 4.39 Å². The maximum absolute atomic E-state index is 15.5. The van der Waals surface area contributed by atoms with E-state index in [4.69, 9.17) is 14.5 Å². The topological polar surface area (TPSA) is 157 Å². The van der Waals surface area contributed by atoms with Crippen molar-refractivity contribution in [2.45, 2.75) is 50.9 Å². The van der Waals surface area contributed by atoms with Gasteiger partial charge in [0.15, 0.2) is 0 Å². The third-order valence-corrected chi connectivity index (χ3v) is 12.2. The zero-order valence-electron chi connectivity index (χ0n) is 35.2. The molecule has 63 heavy (non-hydrogen) atoms. The Bertz CT molecular complexity index is 2770. The van der Waals surface area contributed by atoms with Gasteiger partial charge < -0.3 is 14.4 Å². The highest BCUT2D eigenvalue weighted by Crippen LogP contribution is 2.41. The second kappa shape index (κ2) is 17.2. The molecule has 6 heterocycles. The molecule has 4 amide bonds. The van der Waals surface area contributed by atoms with Gasteiger partial charge in [0, 0.05) is 69.2 Å². The van der Waals surface area contributed by atoms with Crippen molar-refractivity contribution >= 4 is 35.0 Å². The number of benzene rings is 3. The van der Waals surface area contributed by atoms with E-state index < -0.39 is 5.92 Å². The number of urea groups is 1. The number of methoxy groups -OCH3 is 1. The van der Waals surface area contributed by atoms with Crippen LogP contribution in [0, 0.1) is 5.82 Å². The fourth-order valence-electron chi connectivity index (χ4n) is 8.95. The standard InChI is InChI=1S/C47H46FN9O6/c1-4-35-37(17-21-50-43(35)56-25-24-55(47(56)61)33-6-5-20-49-28-33)38-13-10-32(57-45(62-3)52-53(2)46(57)60)27-41(38)63-34-11-7-29(8-12-34)30-18-22-54(23-19-30)40-15-9-31(26-39(40)48)36-14-16-42(58)51-44(36)59/h5-13,15,17,20-21,26-28,30,36H,4,14,16,18-19,22-25H2,1-3H3,(H,51,58,59). The number of pyridine rings is 2. The van der Waals surface area contributed by atoms with E-state index in [1.54, 1.807) is 59.7 Å². The highest BCUT2D eigenvalue weighted by molar-refractivity contribution is 6.06. The smallest absolute Gasteiger partial charge is 0.353 e. The summed E-state index contributed by atoms with van der Waals surface area (Å²) in [4.78, 5) is 65.4. The number of anilines is 3. The third-order valence-electron chi connectivity index (χ3n) is 12.2. The van der Waals surface area contributed by atoms with Gasteiger partial charge in [0.1, 0.15) is 23.1 Å². The molecule has 1 unspecified atom stereocenters. The first kappa shape index (κ1) is 41.0. The summed E-state index contributed by atoms with van der Waals surface area (Å²) in [5, 5.41) is 6.58. The molecular weight excluding hydrogens is 806 g/mol. The van der Waals surface area contributed by atoms with E-state index in [1.165, 1.54) is 22.4 Å². The Morgan fingerprint density at radius 1 is 0.825 bits per heavy atom. The van der Waals surface area contributed by atoms with Crippen LogP contribution >= 0.6 is 0 Å². The van der Waals surface area contributed by atoms with Crippen LogP contribution in [0.5, 0.6) is 17.5 Å². The van der Waals surface area contributed by atoms with E-state index in [2.05, 4.69) is 27.5 Å². The minimum absolute atomic E-state index is 0.120. The molecule has 6 aromatic rings. The molecule has 3 aromatic heterocycles. The van der Waals surface area contributed by atoms with Crippen LogP contribution in [-0.4, -0.2) is 75.4 Å². The average Bonchev–Trinajstić information content (AvgIpc) is 3.83. The first-order chi connectivity index (χ1) is 30.6. The molecule has 0 spiro atoms. The van der Waals surface area contributed by atoms with Crippen LogP contribution < -0.4 is 35.2 Å². The first-order valence-electron chi connectivity index (χ1n) is 21.1. The number of halogens is 1. The van der Waals surface area contributed by atoms with Crippen molar-refractivity contribution in [2.75, 3.05) is 48.0 Å². The van der Waals surface area contributed by atoms with Crippen molar-refractivity contribution in [3.8, 4) is 34.3 Å². The zero-order valence-corrected chi connectivity index (χ0v) is 35.2. The van der Waals surface area contributed by atoms with Crippen LogP contribution in [0.3, 0.4) is 0 Å². The summed E-state index contributed by atoms with van der Waals surface area (Å²) in [5.74, 6) is 0.255. The van der Waals surface area contributed by atoms with Crippen molar-refractivity contribution < 1.29 is 28.2 Å². The van der Waals surface area contributed by atoms with Gasteiger partial charge in [-0.2, -0.15) is 0 Å². The summed E-state index contributed by atoms with van der Waals surface area (Å²) in [6, 6.07) is 23.9. The Balaban J connectivity index is 0.967. The number of hydrogen-bond donors (Lipinski definition) is 1. The van der Waals surface area contributed by atoms with Gasteiger partial charge in [-0.25, -0.2) is 28.2 Å². The van der Waals surface area contributed by atoms with Crippen molar-refractivity contribution in [1.82, 2.24) is 29.6 Å². The quantitative estimate of drug-likeness (QED) is 0.136. The number of nitrogens with one attached hydrogen (secondary N) is 1. The summed E-state index contributed by atoms with van der Waals surface area (Å²) < 4.78 is 30.2. The maximum atomic E-state index is 15.5. The van der Waals surface area contributed by atoms with Crippen LogP contribution in [-0.2, 0) is 23.1 Å². The van der Waals surface area contributed by atoms with Gasteiger partial charge >= 0.3 is 17.7 Å². The summed E-state index contributed by atoms with van der Waals surface area (Å²) in [7, 11) is 3.01. The number of aryl methyl sites for hydroxylation is 1. The summed E-state index contributed by atoms with van der Waals surface area (Å²) in [6.07, 6.45) is 7.84. The molecule has 3 aliphatic heterocycles. The third kappa shape index (κ3) is 7.88. The molecule has 3 aliphatic rings. The molecular formula is C47H46FN9O6. The van der Waals surface area contributed by atoms with Crippen LogP contribution in [0.2, 0.25) is 0 Å². The van der Waals surface area contributed by atoms with Gasteiger partial charge in [-0.3, -0.25) is 29.7 Å². The number of aromatic nitrogens is 5. The highest BCUT2D eigenvalue weighted by Gasteiger charge is 2.34. The molecule has 15 nitrogen and oxygen atoms in total. The maximum Gasteiger partial charge on any atom is 0.353 e. The van der Waals surface area contributed by atoms with Crippen LogP contribution in [0.1, 0.15) is 61.1 Å². The molecule has 16 heteroatoms. The number of amides is 4. The SMILES string of the molecule is CCc1c(-c2ccc(-n3c(OC)nn(C)c3=O)cc2Oc2ccc(C3CCN(c4ccc(C5CCC(=O)NC5=O)cc4F)CC3)cc2)ccnc1N1CCN(c2cccnc2)C1=O. The van der Waals surface area contributed by atoms with Crippen molar-refractivity contribution in [3.63, 3.8) is 0 Å². The van der Waals surface area contributed by atoms with Crippen molar-refractivity contribution in [1.29, 1.82) is 0 Å². The largest absolute Gasteiger partial charge is 0.467 e. The van der Waals surface area contributed by atoms with E-state index in [-0.39, 0.29) is 47.7 Å². The minimum atomic E-state index is -0.539. The molecule has 0 radical (unpaired) electrons. The number of hydrogen-bond acceptors (Lipinski definition) is 10. The number of nitrogens with zero attached hydrogens (tertiary/aromatic N) is 8. The van der Waals surface area contributed by atoms with Crippen LogP contribution in [0.25, 0.3) is 16.8 Å². The lowest BCUT2D eigenvalue weighted by molar-refractivity contribution is -0.134. The lowest BCUT2D eigenvalue weighted by atomic mass is 9.88. The molecule has 1 N–H and O–H groups in total. The number of carbonyl (C=O) groups is 3. The Labute approximate surface area is 362 Å². The van der Waals surface area contributed by atoms with Crippen molar-refractivity contribution in [2.24, 2.45) is 7.05 Å². The lowest BCUT2D eigenvalue weighted by Crippen LogP contribution is -2.39. The van der Waals surface area contributed by atoms with E-state index in [9.17, 15) is 19.2 Å². The summed E-state index contributed by atoms with van der Waals surface area (Å²) in [5.41, 5.74) is 5.46. The fourth-order valence-corrected chi connectivity index (χ4v) is 8.95. The second-order valence-electron chi connectivity index (χ2n) is 15.9. The molecule has 9 rings (SSSR count). The summed E-state index contributed by atoms with van der Waals surface area (Å²) in [6.45, 7) is 4.27. The molecule has 1 atom stereocenters. The molecule has 3 fully saturated rings. The van der Waals surface area contributed by atoms with Crippen LogP contribution in [0.15, 0.2) is 102 Å². The number of imide groups is 1. The molecule has 0 aliphatic carbocycles. The van der Waals surface area contributed by atoms with E-state index in [0.717, 1.165) is 35.1 Å². The lowest BCUT2D eigenvalue weighted by Gasteiger charge is -2.34. The molecule has 0 saturated carbocycles. The molecule has 3 aromatic carbocycles. The number of carbonyl (C=O) groups excluding carboxylic acids is 3. The molecule has 3 saturated heterocycles. The Hall–Kier alpha value is -7.36. The highest BCUT2D eigenvalue weighted by atomic mass is 19.1. The van der Waals surface area contributed by atoms with Gasteiger partial charge in [0.2, 0.25) is 11.8 Å². The molecule has 322 valence electrons. The molecule has 0 bridgehead atoms. The van der Waals surface area contributed by atoms with Gasteiger partial charge in [0.25, 0.3) is 0 Å². The minimum Gasteiger partial charge on any atom is -0.467 e. The fraction of sp³-hybridized carbons (Fsp3) is 0.298. The van der Waals surface area contributed by atoms with Gasteiger partial charge in [-0.15, -0.1) is 5.10 Å². The number of rotatable bonds is 11. The first-order valence-corrected chi connectivity index (χ1v) is 21.1. The van der Waals surface area contributed by atoms with Gasteiger partial charge in [-0.05, 0) is 103 Å². The van der Waals surface area contributed by atoms with Crippen LogP contribution in [0.4, 0.5) is 26.4 Å². The monoisotopic (exact) mass is 851 g/mol. The van der Waals surface area contributed by atoms with Gasteiger partial charge in [0.05, 0.1) is 36.3 Å². The normalized spacial score (nSPS) is 17.0. The summed E-state index contributed by atoms with van der Waals surface area (Å²) >= 11 is 0. The second-order valence-corrected chi connectivity index (χ2v) is 15.9. The number of ether oxygens (including phenoxy) is 2. The zero-order chi connectivity index (χ0) is 43.8. The average molecular weight is 852 g/mol. The number of piperidine rings is 2. The Morgan fingerprint density at radius 2 is 1.60 bits per heavy atom. The predicted octanol–water partition coefficient (Wildman–Crippen LogP) is 6.88. The van der Waals surface area contributed by atoms with Crippen molar-refractivity contribution in [3.05, 3.63) is 130 Å². The van der Waals surface area contributed by atoms with Gasteiger partial charge in [-0.1, -0.05) is 25.1 Å². The van der Waals surface area contributed by atoms with E-state index in [1.807, 2.05) is 48.2 Å². The predicted molar refractivity (Wildman–Crippen MR) is 235 cm³/mol. The van der Waals surface area contributed by atoms with E-state index in [0.29, 0.717) is 79.0 Å².